The molecule has 0 bridgehead atoms. The molecule has 3 nitrogen and oxygen atoms in total. The van der Waals surface area contributed by atoms with Crippen LogP contribution in [0.1, 0.15) is 33.6 Å². The van der Waals surface area contributed by atoms with Crippen molar-refractivity contribution >= 4 is 5.78 Å². The number of carbonyl (C=O) groups excluding carboxylic acids is 1. The molecule has 76 valence electrons. The fourth-order valence-electron chi connectivity index (χ4n) is 1.74. The minimum atomic E-state index is -0.434. The van der Waals surface area contributed by atoms with Gasteiger partial charge in [0.05, 0.1) is 6.04 Å². The number of likely N-dealkylation sites (tertiary alicyclic amines) is 1. The van der Waals surface area contributed by atoms with E-state index < -0.39 is 6.23 Å². The Hall–Kier alpha value is -0.410. The fourth-order valence-corrected chi connectivity index (χ4v) is 1.74. The zero-order valence-corrected chi connectivity index (χ0v) is 8.87. The molecule has 1 aliphatic rings. The molecule has 0 aromatic rings. The third kappa shape index (κ3) is 2.09. The van der Waals surface area contributed by atoms with E-state index in [9.17, 15) is 9.90 Å². The summed E-state index contributed by atoms with van der Waals surface area (Å²) in [6.45, 7) is 5.77. The lowest BCUT2D eigenvalue weighted by atomic mass is 9.86. The molecule has 0 saturated carbocycles. The third-order valence-electron chi connectivity index (χ3n) is 2.70. The predicted molar refractivity (Wildman–Crippen MR) is 51.3 cm³/mol. The molecule has 2 unspecified atom stereocenters. The number of Topliss-reactive ketones (excluding diaryl/α,β-unsaturated/α-hetero) is 1. The molecule has 3 heteroatoms. The van der Waals surface area contributed by atoms with E-state index in [1.165, 1.54) is 0 Å². The third-order valence-corrected chi connectivity index (χ3v) is 2.70. The van der Waals surface area contributed by atoms with Crippen LogP contribution < -0.4 is 0 Å². The van der Waals surface area contributed by atoms with Gasteiger partial charge in [-0.05, 0) is 19.9 Å². The summed E-state index contributed by atoms with van der Waals surface area (Å²) in [5.41, 5.74) is -0.303. The predicted octanol–water partition coefficient (Wildman–Crippen LogP) is 1.01. The molecule has 1 saturated heterocycles. The number of carbonyl (C=O) groups is 1. The second-order valence-corrected chi connectivity index (χ2v) is 4.85. The van der Waals surface area contributed by atoms with Crippen LogP contribution in [0.2, 0.25) is 0 Å². The monoisotopic (exact) mass is 185 g/mol. The molecule has 13 heavy (non-hydrogen) atoms. The summed E-state index contributed by atoms with van der Waals surface area (Å²) in [7, 11) is 1.81. The zero-order valence-electron chi connectivity index (χ0n) is 8.87. The van der Waals surface area contributed by atoms with Crippen molar-refractivity contribution in [2.24, 2.45) is 5.41 Å². The van der Waals surface area contributed by atoms with Gasteiger partial charge in [-0.15, -0.1) is 0 Å². The number of ketones is 1. The Balaban J connectivity index is 2.69. The highest BCUT2D eigenvalue weighted by molar-refractivity contribution is 5.88. The number of aliphatic hydroxyl groups excluding tert-OH is 1. The molecule has 0 amide bonds. The van der Waals surface area contributed by atoms with Crippen molar-refractivity contribution in [3.05, 3.63) is 0 Å². The van der Waals surface area contributed by atoms with Gasteiger partial charge in [-0.25, -0.2) is 0 Å². The maximum Gasteiger partial charge on any atom is 0.155 e. The molecule has 1 aliphatic heterocycles. The Morgan fingerprint density at radius 2 is 1.92 bits per heavy atom. The SMILES string of the molecule is CN1C(O)CCC1C(=O)C(C)(C)C. The number of likely N-dealkylation sites (N-methyl/N-ethyl adjacent to an activating group) is 1. The van der Waals surface area contributed by atoms with E-state index in [0.717, 1.165) is 6.42 Å². The lowest BCUT2D eigenvalue weighted by Crippen LogP contribution is -2.42. The Kier molecular flexibility index (Phi) is 2.78. The van der Waals surface area contributed by atoms with Crippen LogP contribution in [-0.4, -0.2) is 35.1 Å². The van der Waals surface area contributed by atoms with Gasteiger partial charge in [0.2, 0.25) is 0 Å². The van der Waals surface area contributed by atoms with Crippen LogP contribution in [0.5, 0.6) is 0 Å². The van der Waals surface area contributed by atoms with Crippen LogP contribution in [0.4, 0.5) is 0 Å². The van der Waals surface area contributed by atoms with Crippen LogP contribution in [-0.2, 0) is 4.79 Å². The van der Waals surface area contributed by atoms with Crippen LogP contribution >= 0.6 is 0 Å². The summed E-state index contributed by atoms with van der Waals surface area (Å²) >= 11 is 0. The van der Waals surface area contributed by atoms with Crippen molar-refractivity contribution in [3.8, 4) is 0 Å². The normalized spacial score (nSPS) is 30.8. The highest BCUT2D eigenvalue weighted by Crippen LogP contribution is 2.27. The van der Waals surface area contributed by atoms with Crippen LogP contribution in [0.15, 0.2) is 0 Å². The van der Waals surface area contributed by atoms with Gasteiger partial charge < -0.3 is 5.11 Å². The van der Waals surface area contributed by atoms with E-state index in [-0.39, 0.29) is 17.2 Å². The van der Waals surface area contributed by atoms with Crippen molar-refractivity contribution in [1.29, 1.82) is 0 Å². The molecule has 0 aliphatic carbocycles. The first kappa shape index (κ1) is 10.7. The maximum absolute atomic E-state index is 11.9. The van der Waals surface area contributed by atoms with Crippen molar-refractivity contribution < 1.29 is 9.90 Å². The van der Waals surface area contributed by atoms with Gasteiger partial charge in [0.1, 0.15) is 6.23 Å². The van der Waals surface area contributed by atoms with Gasteiger partial charge in [-0.1, -0.05) is 20.8 Å². The van der Waals surface area contributed by atoms with E-state index in [4.69, 9.17) is 0 Å². The fraction of sp³-hybridized carbons (Fsp3) is 0.900. The second kappa shape index (κ2) is 3.39. The average molecular weight is 185 g/mol. The van der Waals surface area contributed by atoms with Gasteiger partial charge in [0, 0.05) is 5.41 Å². The molecule has 2 atom stereocenters. The molecule has 1 rings (SSSR count). The highest BCUT2D eigenvalue weighted by Gasteiger charge is 2.38. The molecule has 0 aromatic carbocycles. The highest BCUT2D eigenvalue weighted by atomic mass is 16.3. The number of hydrogen-bond donors (Lipinski definition) is 1. The second-order valence-electron chi connectivity index (χ2n) is 4.85. The van der Waals surface area contributed by atoms with Gasteiger partial charge in [-0.3, -0.25) is 9.69 Å². The lowest BCUT2D eigenvalue weighted by Gasteiger charge is -2.27. The molecule has 0 radical (unpaired) electrons. The summed E-state index contributed by atoms with van der Waals surface area (Å²) in [4.78, 5) is 13.6. The van der Waals surface area contributed by atoms with Crippen molar-refractivity contribution in [1.82, 2.24) is 4.90 Å². The zero-order chi connectivity index (χ0) is 10.2. The molecule has 1 heterocycles. The number of rotatable bonds is 1. The first-order chi connectivity index (χ1) is 5.84. The summed E-state index contributed by atoms with van der Waals surface area (Å²) in [5.74, 6) is 0.228. The standard InChI is InChI=1S/C10H19NO2/c1-10(2,3)9(13)7-5-6-8(12)11(7)4/h7-8,12H,5-6H2,1-4H3. The van der Waals surface area contributed by atoms with Gasteiger partial charge in [-0.2, -0.15) is 0 Å². The average Bonchev–Trinajstić information content (AvgIpc) is 2.30. The molecular weight excluding hydrogens is 166 g/mol. The van der Waals surface area contributed by atoms with E-state index in [2.05, 4.69) is 0 Å². The van der Waals surface area contributed by atoms with E-state index in [1.807, 2.05) is 27.8 Å². The van der Waals surface area contributed by atoms with Crippen LogP contribution in [0.3, 0.4) is 0 Å². The minimum Gasteiger partial charge on any atom is -0.378 e. The molecular formula is C10H19NO2. The smallest absolute Gasteiger partial charge is 0.155 e. The Bertz CT molecular complexity index is 207. The van der Waals surface area contributed by atoms with Crippen molar-refractivity contribution in [2.45, 2.75) is 45.9 Å². The largest absolute Gasteiger partial charge is 0.378 e. The van der Waals surface area contributed by atoms with Gasteiger partial charge in [0.15, 0.2) is 5.78 Å². The van der Waals surface area contributed by atoms with Gasteiger partial charge >= 0.3 is 0 Å². The summed E-state index contributed by atoms with van der Waals surface area (Å²) < 4.78 is 0. The van der Waals surface area contributed by atoms with E-state index in [0.29, 0.717) is 6.42 Å². The summed E-state index contributed by atoms with van der Waals surface area (Å²) in [6.07, 6.45) is 1.06. The first-order valence-electron chi connectivity index (χ1n) is 4.78. The first-order valence-corrected chi connectivity index (χ1v) is 4.78. The minimum absolute atomic E-state index is 0.0880. The Labute approximate surface area is 79.7 Å². The van der Waals surface area contributed by atoms with Crippen LogP contribution in [0.25, 0.3) is 0 Å². The molecule has 0 aromatic heterocycles. The maximum atomic E-state index is 11.9. The molecule has 0 spiro atoms. The Morgan fingerprint density at radius 1 is 1.38 bits per heavy atom. The number of hydrogen-bond acceptors (Lipinski definition) is 3. The summed E-state index contributed by atoms with van der Waals surface area (Å²) in [6, 6.07) is -0.0880. The molecule has 1 fully saturated rings. The van der Waals surface area contributed by atoms with Crippen LogP contribution in [0, 0.1) is 5.41 Å². The lowest BCUT2D eigenvalue weighted by molar-refractivity contribution is -0.132. The molecule has 1 N–H and O–H groups in total. The Morgan fingerprint density at radius 3 is 2.23 bits per heavy atom. The van der Waals surface area contributed by atoms with E-state index in [1.54, 1.807) is 4.90 Å². The van der Waals surface area contributed by atoms with E-state index >= 15 is 0 Å². The number of nitrogens with zero attached hydrogens (tertiary/aromatic N) is 1. The number of aliphatic hydroxyl groups is 1. The summed E-state index contributed by atoms with van der Waals surface area (Å²) in [5, 5.41) is 9.46. The van der Waals surface area contributed by atoms with Crippen molar-refractivity contribution in [2.75, 3.05) is 7.05 Å². The van der Waals surface area contributed by atoms with Crippen molar-refractivity contribution in [3.63, 3.8) is 0 Å². The quantitative estimate of drug-likeness (QED) is 0.663. The topological polar surface area (TPSA) is 40.5 Å². The van der Waals surface area contributed by atoms with Gasteiger partial charge in [0.25, 0.3) is 0 Å².